The summed E-state index contributed by atoms with van der Waals surface area (Å²) in [5.41, 5.74) is 2.54. The average molecular weight is 351 g/mol. The fourth-order valence-electron chi connectivity index (χ4n) is 3.02. The van der Waals surface area contributed by atoms with Gasteiger partial charge in [-0.2, -0.15) is 0 Å². The van der Waals surface area contributed by atoms with Gasteiger partial charge in [-0.1, -0.05) is 18.2 Å². The third-order valence-electron chi connectivity index (χ3n) is 4.34. The van der Waals surface area contributed by atoms with Crippen LogP contribution in [0.25, 0.3) is 10.1 Å². The predicted octanol–water partition coefficient (Wildman–Crippen LogP) is 3.99. The van der Waals surface area contributed by atoms with Crippen molar-refractivity contribution in [2.45, 2.75) is 6.92 Å². The largest absolute Gasteiger partial charge is 0.336 e. The standard InChI is InChI=1S/C19H17N3O2S/c1-12-15-4-2-3-5-16(15)25-17(12)18(23)21-13-6-8-14(9-7-13)22-11-10-20-19(22)24/h2-9H,10-11H2,1H3,(H,20,24)(H,21,23). The van der Waals surface area contributed by atoms with Crippen LogP contribution in [0.5, 0.6) is 0 Å². The minimum absolute atomic E-state index is 0.0855. The highest BCUT2D eigenvalue weighted by molar-refractivity contribution is 7.21. The van der Waals surface area contributed by atoms with Gasteiger partial charge < -0.3 is 10.6 Å². The molecule has 0 spiro atoms. The molecule has 0 aliphatic carbocycles. The Labute approximate surface area is 149 Å². The number of urea groups is 1. The van der Waals surface area contributed by atoms with E-state index in [4.69, 9.17) is 0 Å². The Balaban J connectivity index is 1.54. The predicted molar refractivity (Wildman–Crippen MR) is 102 cm³/mol. The SMILES string of the molecule is Cc1c(C(=O)Nc2ccc(N3CCNC3=O)cc2)sc2ccccc12. The highest BCUT2D eigenvalue weighted by atomic mass is 32.1. The van der Waals surface area contributed by atoms with Crippen molar-refractivity contribution in [2.24, 2.45) is 0 Å². The number of anilines is 2. The van der Waals surface area contributed by atoms with Gasteiger partial charge in [0.2, 0.25) is 0 Å². The summed E-state index contributed by atoms with van der Waals surface area (Å²) in [5.74, 6) is -0.106. The summed E-state index contributed by atoms with van der Waals surface area (Å²) < 4.78 is 1.11. The van der Waals surface area contributed by atoms with E-state index in [9.17, 15) is 9.59 Å². The summed E-state index contributed by atoms with van der Waals surface area (Å²) in [6.45, 7) is 3.29. The summed E-state index contributed by atoms with van der Waals surface area (Å²) in [6.07, 6.45) is 0. The lowest BCUT2D eigenvalue weighted by Gasteiger charge is -2.14. The number of fused-ring (bicyclic) bond motifs is 1. The third-order valence-corrected chi connectivity index (χ3v) is 5.62. The van der Waals surface area contributed by atoms with Gasteiger partial charge in [-0.05, 0) is 48.2 Å². The maximum Gasteiger partial charge on any atom is 0.321 e. The number of nitrogens with zero attached hydrogens (tertiary/aromatic N) is 1. The topological polar surface area (TPSA) is 61.4 Å². The zero-order valence-corrected chi connectivity index (χ0v) is 14.5. The van der Waals surface area contributed by atoms with Crippen LogP contribution in [0.15, 0.2) is 48.5 Å². The van der Waals surface area contributed by atoms with Crippen molar-refractivity contribution in [3.8, 4) is 0 Å². The molecule has 0 bridgehead atoms. The van der Waals surface area contributed by atoms with Gasteiger partial charge in [0.15, 0.2) is 0 Å². The molecule has 1 fully saturated rings. The first-order valence-electron chi connectivity index (χ1n) is 8.08. The number of rotatable bonds is 3. The van der Waals surface area contributed by atoms with Crippen molar-refractivity contribution in [2.75, 3.05) is 23.3 Å². The van der Waals surface area contributed by atoms with Crippen LogP contribution in [0.3, 0.4) is 0 Å². The summed E-state index contributed by atoms with van der Waals surface area (Å²) in [4.78, 5) is 26.7. The Hall–Kier alpha value is -2.86. The molecule has 1 saturated heterocycles. The molecule has 4 rings (SSSR count). The van der Waals surface area contributed by atoms with E-state index in [0.29, 0.717) is 18.8 Å². The van der Waals surface area contributed by atoms with E-state index in [1.807, 2.05) is 55.5 Å². The molecule has 1 aromatic heterocycles. The maximum absolute atomic E-state index is 12.6. The fourth-order valence-corrected chi connectivity index (χ4v) is 4.13. The molecule has 6 heteroatoms. The van der Waals surface area contributed by atoms with Gasteiger partial charge in [-0.15, -0.1) is 11.3 Å². The van der Waals surface area contributed by atoms with Crippen LogP contribution < -0.4 is 15.5 Å². The van der Waals surface area contributed by atoms with Crippen LogP contribution >= 0.6 is 11.3 Å². The lowest BCUT2D eigenvalue weighted by molar-refractivity contribution is 0.103. The Kier molecular flexibility index (Phi) is 3.89. The van der Waals surface area contributed by atoms with Crippen LogP contribution in [-0.4, -0.2) is 25.0 Å². The van der Waals surface area contributed by atoms with Crippen molar-refractivity contribution < 1.29 is 9.59 Å². The lowest BCUT2D eigenvalue weighted by Crippen LogP contribution is -2.27. The van der Waals surface area contributed by atoms with E-state index in [2.05, 4.69) is 10.6 Å². The number of hydrogen-bond donors (Lipinski definition) is 2. The van der Waals surface area contributed by atoms with Crippen LogP contribution in [0, 0.1) is 6.92 Å². The first kappa shape index (κ1) is 15.7. The minimum Gasteiger partial charge on any atom is -0.336 e. The Morgan fingerprint density at radius 2 is 1.92 bits per heavy atom. The summed E-state index contributed by atoms with van der Waals surface area (Å²) >= 11 is 1.50. The number of amides is 3. The first-order chi connectivity index (χ1) is 12.1. The molecule has 5 nitrogen and oxygen atoms in total. The molecule has 126 valence electrons. The van der Waals surface area contributed by atoms with Gasteiger partial charge in [0.25, 0.3) is 5.91 Å². The molecular weight excluding hydrogens is 334 g/mol. The molecule has 0 saturated carbocycles. The number of nitrogens with one attached hydrogen (secondary N) is 2. The minimum atomic E-state index is -0.106. The number of aryl methyl sites for hydroxylation is 1. The van der Waals surface area contributed by atoms with E-state index in [0.717, 1.165) is 26.2 Å². The van der Waals surface area contributed by atoms with Crippen molar-refractivity contribution >= 4 is 44.7 Å². The normalized spacial score (nSPS) is 14.0. The van der Waals surface area contributed by atoms with Gasteiger partial charge in [0.05, 0.1) is 4.88 Å². The second-order valence-electron chi connectivity index (χ2n) is 5.94. The summed E-state index contributed by atoms with van der Waals surface area (Å²) in [5, 5.41) is 6.83. The maximum atomic E-state index is 12.6. The Bertz CT molecular complexity index is 962. The monoisotopic (exact) mass is 351 g/mol. The highest BCUT2D eigenvalue weighted by Crippen LogP contribution is 2.31. The molecule has 2 heterocycles. The van der Waals surface area contributed by atoms with E-state index < -0.39 is 0 Å². The molecule has 0 unspecified atom stereocenters. The third kappa shape index (κ3) is 2.85. The van der Waals surface area contributed by atoms with E-state index in [1.165, 1.54) is 11.3 Å². The molecule has 3 aromatic rings. The van der Waals surface area contributed by atoms with Gasteiger partial charge in [-0.3, -0.25) is 9.69 Å². The summed E-state index contributed by atoms with van der Waals surface area (Å²) in [7, 11) is 0. The molecule has 2 N–H and O–H groups in total. The van der Waals surface area contributed by atoms with Crippen LogP contribution in [0.2, 0.25) is 0 Å². The molecule has 1 aliphatic heterocycles. The zero-order chi connectivity index (χ0) is 17.4. The van der Waals surface area contributed by atoms with E-state index in [1.54, 1.807) is 4.90 Å². The van der Waals surface area contributed by atoms with E-state index in [-0.39, 0.29) is 11.9 Å². The second-order valence-corrected chi connectivity index (χ2v) is 6.99. The number of thiophene rings is 1. The Morgan fingerprint density at radius 3 is 2.60 bits per heavy atom. The molecule has 2 aromatic carbocycles. The van der Waals surface area contributed by atoms with Crippen LogP contribution in [0.1, 0.15) is 15.2 Å². The molecular formula is C19H17N3O2S. The van der Waals surface area contributed by atoms with Crippen LogP contribution in [0.4, 0.5) is 16.2 Å². The quantitative estimate of drug-likeness (QED) is 0.749. The van der Waals surface area contributed by atoms with Gasteiger partial charge in [0.1, 0.15) is 0 Å². The molecule has 1 aliphatic rings. The number of carbonyl (C=O) groups is 2. The molecule has 0 atom stereocenters. The number of hydrogen-bond acceptors (Lipinski definition) is 3. The van der Waals surface area contributed by atoms with Gasteiger partial charge in [0, 0.05) is 29.2 Å². The molecule has 3 amide bonds. The Morgan fingerprint density at radius 1 is 1.16 bits per heavy atom. The van der Waals surface area contributed by atoms with Gasteiger partial charge in [-0.25, -0.2) is 4.79 Å². The summed E-state index contributed by atoms with van der Waals surface area (Å²) in [6, 6.07) is 15.3. The van der Waals surface area contributed by atoms with E-state index >= 15 is 0 Å². The molecule has 25 heavy (non-hydrogen) atoms. The fraction of sp³-hybridized carbons (Fsp3) is 0.158. The molecule has 0 radical (unpaired) electrons. The first-order valence-corrected chi connectivity index (χ1v) is 8.90. The van der Waals surface area contributed by atoms with Gasteiger partial charge >= 0.3 is 6.03 Å². The van der Waals surface area contributed by atoms with Crippen LogP contribution in [-0.2, 0) is 0 Å². The zero-order valence-electron chi connectivity index (χ0n) is 13.7. The number of carbonyl (C=O) groups excluding carboxylic acids is 2. The highest BCUT2D eigenvalue weighted by Gasteiger charge is 2.21. The smallest absolute Gasteiger partial charge is 0.321 e. The van der Waals surface area contributed by atoms with Crippen molar-refractivity contribution in [3.05, 3.63) is 59.0 Å². The van der Waals surface area contributed by atoms with Crippen molar-refractivity contribution in [3.63, 3.8) is 0 Å². The second kappa shape index (κ2) is 6.22. The van der Waals surface area contributed by atoms with Crippen molar-refractivity contribution in [1.29, 1.82) is 0 Å². The lowest BCUT2D eigenvalue weighted by atomic mass is 10.1. The average Bonchev–Trinajstić information content (AvgIpc) is 3.20. The van der Waals surface area contributed by atoms with Crippen molar-refractivity contribution in [1.82, 2.24) is 5.32 Å². The number of benzene rings is 2.